The highest BCUT2D eigenvalue weighted by atomic mass is 16.1. The highest BCUT2D eigenvalue weighted by molar-refractivity contribution is 5.34. The Hall–Kier alpha value is -1.72. The second-order valence-corrected chi connectivity index (χ2v) is 7.32. The molecule has 22 heavy (non-hydrogen) atoms. The molecule has 0 bridgehead atoms. The number of hydrogen-bond acceptors (Lipinski definition) is 5. The van der Waals surface area contributed by atoms with Gasteiger partial charge in [0.15, 0.2) is 0 Å². The zero-order chi connectivity index (χ0) is 16.6. The summed E-state index contributed by atoms with van der Waals surface area (Å²) in [6.45, 7) is 10.1. The molecule has 1 heterocycles. The van der Waals surface area contributed by atoms with Gasteiger partial charge in [0.05, 0.1) is 19.1 Å². The van der Waals surface area contributed by atoms with Gasteiger partial charge < -0.3 is 0 Å². The summed E-state index contributed by atoms with van der Waals surface area (Å²) in [6.07, 6.45) is 10.9. The molecule has 2 unspecified atom stereocenters. The maximum Gasteiger partial charge on any atom is 0.235 e. The number of terminal acetylenes is 1. The van der Waals surface area contributed by atoms with Gasteiger partial charge in [-0.2, -0.15) is 0 Å². The molecule has 2 aliphatic rings. The van der Waals surface area contributed by atoms with Crippen LogP contribution in [0.1, 0.15) is 40.0 Å². The van der Waals surface area contributed by atoms with Crippen LogP contribution >= 0.6 is 0 Å². The lowest BCUT2D eigenvalue weighted by atomic mass is 9.63. The Morgan fingerprint density at radius 2 is 1.86 bits per heavy atom. The summed E-state index contributed by atoms with van der Waals surface area (Å²) in [4.78, 5) is 30.2. The van der Waals surface area contributed by atoms with E-state index < -0.39 is 0 Å². The molecule has 120 valence electrons. The Bertz CT molecular complexity index is 506. The van der Waals surface area contributed by atoms with Gasteiger partial charge in [-0.1, -0.05) is 26.7 Å². The van der Waals surface area contributed by atoms with E-state index in [0.29, 0.717) is 6.54 Å². The van der Waals surface area contributed by atoms with Gasteiger partial charge in [0.25, 0.3) is 0 Å². The average Bonchev–Trinajstić information content (AvgIpc) is 3.20. The van der Waals surface area contributed by atoms with Crippen molar-refractivity contribution in [1.29, 1.82) is 0 Å². The predicted octanol–water partition coefficient (Wildman–Crippen LogP) is 2.18. The third-order valence-electron chi connectivity index (χ3n) is 4.04. The van der Waals surface area contributed by atoms with Crippen LogP contribution in [0.5, 0.6) is 0 Å². The van der Waals surface area contributed by atoms with E-state index in [2.05, 4.69) is 41.6 Å². The van der Waals surface area contributed by atoms with Crippen LogP contribution in [0.25, 0.3) is 0 Å². The molecule has 0 radical (unpaired) electrons. The predicted molar refractivity (Wildman–Crippen MR) is 85.9 cm³/mol. The molecule has 1 saturated carbocycles. The van der Waals surface area contributed by atoms with E-state index in [9.17, 15) is 9.59 Å². The van der Waals surface area contributed by atoms with E-state index in [0.717, 1.165) is 25.8 Å². The van der Waals surface area contributed by atoms with Crippen LogP contribution < -0.4 is 0 Å². The normalized spacial score (nSPS) is 28.9. The lowest BCUT2D eigenvalue weighted by Gasteiger charge is -2.44. The van der Waals surface area contributed by atoms with Gasteiger partial charge in [-0.05, 0) is 30.1 Å². The molecular formula is C17H25N3O2. The van der Waals surface area contributed by atoms with Gasteiger partial charge in [-0.25, -0.2) is 19.6 Å². The van der Waals surface area contributed by atoms with E-state index in [1.807, 2.05) is 0 Å². The molecule has 0 spiro atoms. The fourth-order valence-electron chi connectivity index (χ4n) is 3.45. The summed E-state index contributed by atoms with van der Waals surface area (Å²) in [5.74, 6) is 2.56. The fourth-order valence-corrected chi connectivity index (χ4v) is 3.45. The molecule has 0 N–H and O–H groups in total. The topological polar surface area (TPSA) is 61.9 Å². The second kappa shape index (κ2) is 8.06. The van der Waals surface area contributed by atoms with E-state index in [4.69, 9.17) is 6.42 Å². The van der Waals surface area contributed by atoms with Crippen LogP contribution in [0, 0.1) is 23.2 Å². The summed E-state index contributed by atoms with van der Waals surface area (Å²) in [6, 6.07) is 0.00750. The van der Waals surface area contributed by atoms with Gasteiger partial charge in [-0.15, -0.1) is 6.42 Å². The first-order valence-corrected chi connectivity index (χ1v) is 7.61. The van der Waals surface area contributed by atoms with Crippen LogP contribution in [0.4, 0.5) is 0 Å². The summed E-state index contributed by atoms with van der Waals surface area (Å²) in [7, 11) is 0. The van der Waals surface area contributed by atoms with Crippen molar-refractivity contribution in [1.82, 2.24) is 4.90 Å². The Morgan fingerprint density at radius 3 is 2.32 bits per heavy atom. The van der Waals surface area contributed by atoms with Crippen molar-refractivity contribution in [2.24, 2.45) is 20.8 Å². The Morgan fingerprint density at radius 1 is 1.18 bits per heavy atom. The summed E-state index contributed by atoms with van der Waals surface area (Å²) < 4.78 is 0. The molecule has 1 aliphatic heterocycles. The molecule has 2 atom stereocenters. The van der Waals surface area contributed by atoms with E-state index in [1.54, 1.807) is 12.2 Å². The minimum Gasteiger partial charge on any atom is -0.290 e. The SMILES string of the molecule is C#CCN1CC1.CC1(C)CC(N=C=O)CC(C)(CN=C=O)C1. The molecule has 0 aromatic rings. The maximum atomic E-state index is 10.3. The van der Waals surface area contributed by atoms with Gasteiger partial charge >= 0.3 is 0 Å². The second-order valence-electron chi connectivity index (χ2n) is 7.32. The number of isocyanates is 2. The van der Waals surface area contributed by atoms with E-state index >= 15 is 0 Å². The molecule has 5 heteroatoms. The third-order valence-corrected chi connectivity index (χ3v) is 4.04. The summed E-state index contributed by atoms with van der Waals surface area (Å²) in [5, 5.41) is 0. The zero-order valence-corrected chi connectivity index (χ0v) is 13.8. The Labute approximate surface area is 132 Å². The number of aliphatic imine (C=N–C) groups is 2. The largest absolute Gasteiger partial charge is 0.290 e. The Kier molecular flexibility index (Phi) is 6.71. The van der Waals surface area contributed by atoms with Crippen molar-refractivity contribution in [2.45, 2.75) is 46.1 Å². The van der Waals surface area contributed by atoms with Crippen molar-refractivity contribution in [3.63, 3.8) is 0 Å². The minimum absolute atomic E-state index is 0.00750. The highest BCUT2D eigenvalue weighted by Gasteiger charge is 2.41. The highest BCUT2D eigenvalue weighted by Crippen LogP contribution is 2.47. The summed E-state index contributed by atoms with van der Waals surface area (Å²) in [5.41, 5.74) is 0.0561. The maximum absolute atomic E-state index is 10.3. The van der Waals surface area contributed by atoms with Gasteiger partial charge in [0.2, 0.25) is 12.2 Å². The van der Waals surface area contributed by atoms with Crippen molar-refractivity contribution >= 4 is 12.2 Å². The van der Waals surface area contributed by atoms with Crippen molar-refractivity contribution < 1.29 is 9.59 Å². The van der Waals surface area contributed by atoms with Crippen LogP contribution in [0.3, 0.4) is 0 Å². The van der Waals surface area contributed by atoms with Crippen LogP contribution in [-0.2, 0) is 9.59 Å². The lowest BCUT2D eigenvalue weighted by Crippen LogP contribution is -2.39. The molecule has 5 nitrogen and oxygen atoms in total. The number of nitrogens with zero attached hydrogens (tertiary/aromatic N) is 3. The summed E-state index contributed by atoms with van der Waals surface area (Å²) >= 11 is 0. The molecule has 0 aromatic heterocycles. The van der Waals surface area contributed by atoms with Gasteiger partial charge in [0.1, 0.15) is 0 Å². The van der Waals surface area contributed by atoms with Crippen molar-refractivity contribution in [2.75, 3.05) is 26.2 Å². The van der Waals surface area contributed by atoms with Gasteiger partial charge in [0, 0.05) is 13.1 Å². The fraction of sp³-hybridized carbons (Fsp3) is 0.765. The number of carbonyl (C=O) groups excluding carboxylic acids is 2. The zero-order valence-electron chi connectivity index (χ0n) is 13.8. The molecule has 2 fully saturated rings. The molecule has 0 amide bonds. The average molecular weight is 303 g/mol. The van der Waals surface area contributed by atoms with Crippen molar-refractivity contribution in [3.05, 3.63) is 0 Å². The lowest BCUT2D eigenvalue weighted by molar-refractivity contribution is 0.0915. The van der Waals surface area contributed by atoms with Crippen LogP contribution in [0.2, 0.25) is 0 Å². The first-order valence-electron chi connectivity index (χ1n) is 7.61. The van der Waals surface area contributed by atoms with Crippen molar-refractivity contribution in [3.8, 4) is 12.3 Å². The number of rotatable bonds is 4. The molecule has 0 aromatic carbocycles. The van der Waals surface area contributed by atoms with E-state index in [-0.39, 0.29) is 16.9 Å². The molecule has 1 aliphatic carbocycles. The number of hydrogen-bond donors (Lipinski definition) is 0. The van der Waals surface area contributed by atoms with Crippen LogP contribution in [-0.4, -0.2) is 49.3 Å². The standard InChI is InChI=1S/C12H18N2O2.C5H7N/c1-11(2)4-10(14-9-16)5-12(3,6-11)7-13-8-15;1-2-3-6-4-5-6/h10H,4-7H2,1-3H3;1H,3-5H2. The quantitative estimate of drug-likeness (QED) is 0.346. The smallest absolute Gasteiger partial charge is 0.235 e. The first kappa shape index (κ1) is 18.3. The van der Waals surface area contributed by atoms with E-state index in [1.165, 1.54) is 13.1 Å². The van der Waals surface area contributed by atoms with Crippen LogP contribution in [0.15, 0.2) is 9.98 Å². The van der Waals surface area contributed by atoms with Gasteiger partial charge in [-0.3, -0.25) is 4.90 Å². The Balaban J connectivity index is 0.000000335. The molecule has 2 rings (SSSR count). The third kappa shape index (κ3) is 6.83. The monoisotopic (exact) mass is 303 g/mol. The molecule has 1 saturated heterocycles. The minimum atomic E-state index is -0.0653. The first-order chi connectivity index (χ1) is 10.3. The molecular weight excluding hydrogens is 278 g/mol.